The second-order valence-electron chi connectivity index (χ2n) is 17.1. The predicted octanol–water partition coefficient (Wildman–Crippen LogP) is 12.1. The number of ketones is 1. The summed E-state index contributed by atoms with van der Waals surface area (Å²) in [6, 6.07) is 56.6. The van der Waals surface area contributed by atoms with Crippen molar-refractivity contribution in [3.8, 4) is 34.5 Å². The van der Waals surface area contributed by atoms with Gasteiger partial charge in [-0.2, -0.15) is 0 Å². The summed E-state index contributed by atoms with van der Waals surface area (Å²) in [5.41, 5.74) is 5.37. The highest BCUT2D eigenvalue weighted by Crippen LogP contribution is 2.42. The lowest BCUT2D eigenvalue weighted by Gasteiger charge is -2.22. The van der Waals surface area contributed by atoms with E-state index in [1.807, 2.05) is 152 Å². The van der Waals surface area contributed by atoms with Crippen molar-refractivity contribution in [2.45, 2.75) is 71.2 Å². The Bertz CT molecular complexity index is 2490. The number of benzene rings is 7. The molecule has 10 heteroatoms. The molecule has 1 unspecified atom stereocenters. The predicted molar refractivity (Wildman–Crippen MR) is 260 cm³/mol. The van der Waals surface area contributed by atoms with E-state index in [4.69, 9.17) is 33.2 Å². The summed E-state index contributed by atoms with van der Waals surface area (Å²) in [6.45, 7) is 8.52. The van der Waals surface area contributed by atoms with E-state index in [-0.39, 0.29) is 45.2 Å². The van der Waals surface area contributed by atoms with Gasteiger partial charge < -0.3 is 38.3 Å². The van der Waals surface area contributed by atoms with Gasteiger partial charge in [0, 0.05) is 44.4 Å². The van der Waals surface area contributed by atoms with E-state index in [2.05, 4.69) is 19.6 Å². The van der Waals surface area contributed by atoms with Gasteiger partial charge >= 0.3 is 0 Å². The van der Waals surface area contributed by atoms with E-state index in [9.17, 15) is 9.90 Å². The van der Waals surface area contributed by atoms with Crippen LogP contribution in [0.25, 0.3) is 0 Å². The lowest BCUT2D eigenvalue weighted by atomic mass is 9.97. The van der Waals surface area contributed by atoms with Crippen molar-refractivity contribution >= 4 is 13.9 Å². The van der Waals surface area contributed by atoms with Crippen LogP contribution < -0.4 is 28.4 Å². The number of Topliss-reactive ketones (excluding diaryl/α,β-unsaturated/α-hetero) is 1. The van der Waals surface area contributed by atoms with Crippen molar-refractivity contribution < 1.29 is 43.1 Å². The summed E-state index contributed by atoms with van der Waals surface area (Å²) in [4.78, 5) is 14.7. The molecule has 0 aromatic heterocycles. The van der Waals surface area contributed by atoms with Crippen molar-refractivity contribution in [2.75, 3.05) is 13.4 Å². The number of rotatable bonds is 25. The smallest absolute Gasteiger partial charge is 0.203 e. The first-order chi connectivity index (χ1) is 32.2. The molecule has 0 aliphatic carbocycles. The van der Waals surface area contributed by atoms with Crippen LogP contribution in [0.1, 0.15) is 43.7 Å². The number of hydrogen-bond acceptors (Lipinski definition) is 9. The van der Waals surface area contributed by atoms with Crippen molar-refractivity contribution in [3.63, 3.8) is 0 Å². The average molecular weight is 903 g/mol. The first-order valence-corrected chi connectivity index (χ1v) is 26.0. The number of carbonyl (C=O) groups excluding carboxylic acids is 1. The summed E-state index contributed by atoms with van der Waals surface area (Å²) < 4.78 is 44.5. The summed E-state index contributed by atoms with van der Waals surface area (Å²) in [6.07, 6.45) is -1.70. The Morgan fingerprint density at radius 1 is 0.485 bits per heavy atom. The third-order valence-electron chi connectivity index (χ3n) is 10.6. The van der Waals surface area contributed by atoms with Crippen LogP contribution in [0.5, 0.6) is 34.5 Å². The molecule has 66 heavy (non-hydrogen) atoms. The molecular formula is C56H58O9Si. The maximum Gasteiger partial charge on any atom is 0.203 e. The Balaban J connectivity index is 1.23. The minimum atomic E-state index is -1.55. The van der Waals surface area contributed by atoms with E-state index in [1.54, 1.807) is 24.3 Å². The minimum Gasteiger partial charge on any atom is -0.489 e. The molecule has 7 rings (SSSR count). The SMILES string of the molecule is C[Si](C)(C)CCOCOc1cc(OCc2ccccc2)cc(OCc2ccccc2)c1CC(O)C(=O)c1cc(OCc2ccccc2)c(OCc2ccccc2)c(OCc2ccccc2)c1. The summed E-state index contributed by atoms with van der Waals surface area (Å²) in [5.74, 6) is 1.63. The fourth-order valence-electron chi connectivity index (χ4n) is 6.91. The standard InChI is InChI=1S/C56H58O9Si/c1-66(2,3)30-29-59-41-65-52-34-48(60-36-42-19-9-4-10-20-42)33-51(61-37-43-21-11-5-12-22-43)49(52)35-50(57)55(58)47-31-53(62-38-44-23-13-6-14-24-44)56(64-40-46-27-17-8-18-28-46)54(32-47)63-39-45-25-15-7-16-26-45/h4-28,31-34,50,57H,29-30,35-41H2,1-3H3. The second kappa shape index (κ2) is 23.9. The Labute approximate surface area is 389 Å². The summed E-state index contributed by atoms with van der Waals surface area (Å²) in [5, 5.41) is 12.1. The summed E-state index contributed by atoms with van der Waals surface area (Å²) >= 11 is 0. The average Bonchev–Trinajstić information content (AvgIpc) is 3.34. The molecule has 0 saturated heterocycles. The number of ether oxygens (including phenoxy) is 7. The number of carbonyl (C=O) groups is 1. The Kier molecular flexibility index (Phi) is 17.1. The van der Waals surface area contributed by atoms with Crippen LogP contribution in [-0.2, 0) is 44.2 Å². The first kappa shape index (κ1) is 47.1. The molecule has 0 bridgehead atoms. The third-order valence-corrected chi connectivity index (χ3v) is 12.3. The largest absolute Gasteiger partial charge is 0.489 e. The number of aliphatic hydroxyl groups excluding tert-OH is 1. The van der Waals surface area contributed by atoms with Crippen LogP contribution >= 0.6 is 0 Å². The lowest BCUT2D eigenvalue weighted by Crippen LogP contribution is -2.24. The normalized spacial score (nSPS) is 11.6. The minimum absolute atomic E-state index is 0.0452. The number of aliphatic hydroxyl groups is 1. The molecule has 0 spiro atoms. The molecule has 0 amide bonds. The van der Waals surface area contributed by atoms with Gasteiger partial charge in [0.15, 0.2) is 24.1 Å². The third kappa shape index (κ3) is 14.6. The zero-order valence-electron chi connectivity index (χ0n) is 37.9. The Morgan fingerprint density at radius 2 is 0.864 bits per heavy atom. The zero-order chi connectivity index (χ0) is 46.0. The Morgan fingerprint density at radius 3 is 1.29 bits per heavy atom. The highest BCUT2D eigenvalue weighted by Gasteiger charge is 2.27. The molecule has 1 atom stereocenters. The van der Waals surface area contributed by atoms with E-state index in [0.717, 1.165) is 33.9 Å². The van der Waals surface area contributed by atoms with Crippen LogP contribution in [0.2, 0.25) is 25.7 Å². The van der Waals surface area contributed by atoms with Crippen LogP contribution in [0, 0.1) is 0 Å². The summed E-state index contributed by atoms with van der Waals surface area (Å²) in [7, 11) is -1.36. The Hall–Kier alpha value is -6.85. The first-order valence-electron chi connectivity index (χ1n) is 22.3. The van der Waals surface area contributed by atoms with Gasteiger partial charge in [0.1, 0.15) is 56.4 Å². The molecule has 1 N–H and O–H groups in total. The van der Waals surface area contributed by atoms with E-state index < -0.39 is 20.0 Å². The lowest BCUT2D eigenvalue weighted by molar-refractivity contribution is 0.0207. The van der Waals surface area contributed by atoms with Gasteiger partial charge in [0.25, 0.3) is 0 Å². The van der Waals surface area contributed by atoms with Gasteiger partial charge in [-0.25, -0.2) is 0 Å². The molecule has 0 aliphatic heterocycles. The topological polar surface area (TPSA) is 102 Å². The molecule has 9 nitrogen and oxygen atoms in total. The zero-order valence-corrected chi connectivity index (χ0v) is 38.9. The molecular weight excluding hydrogens is 845 g/mol. The van der Waals surface area contributed by atoms with Crippen LogP contribution in [0.15, 0.2) is 176 Å². The van der Waals surface area contributed by atoms with Gasteiger partial charge in [-0.1, -0.05) is 171 Å². The maximum absolute atomic E-state index is 14.7. The quantitative estimate of drug-likeness (QED) is 0.0260. The van der Waals surface area contributed by atoms with E-state index in [0.29, 0.717) is 53.3 Å². The maximum atomic E-state index is 14.7. The van der Waals surface area contributed by atoms with Crippen LogP contribution in [0.3, 0.4) is 0 Å². The highest BCUT2D eigenvalue weighted by molar-refractivity contribution is 6.76. The molecule has 0 radical (unpaired) electrons. The fourth-order valence-corrected chi connectivity index (χ4v) is 7.67. The van der Waals surface area contributed by atoms with Crippen LogP contribution in [0.4, 0.5) is 0 Å². The van der Waals surface area contributed by atoms with Gasteiger partial charge in [-0.05, 0) is 46.0 Å². The van der Waals surface area contributed by atoms with E-state index in [1.165, 1.54) is 0 Å². The van der Waals surface area contributed by atoms with E-state index >= 15 is 0 Å². The molecule has 0 fully saturated rings. The van der Waals surface area contributed by atoms with Crippen molar-refractivity contribution in [1.82, 2.24) is 0 Å². The van der Waals surface area contributed by atoms with Crippen molar-refractivity contribution in [2.24, 2.45) is 0 Å². The van der Waals surface area contributed by atoms with Crippen molar-refractivity contribution in [3.05, 3.63) is 215 Å². The molecule has 0 heterocycles. The molecule has 0 aliphatic rings. The molecule has 0 saturated carbocycles. The monoisotopic (exact) mass is 902 g/mol. The van der Waals surface area contributed by atoms with Gasteiger partial charge in [0.05, 0.1) is 0 Å². The second-order valence-corrected chi connectivity index (χ2v) is 22.8. The molecule has 7 aromatic rings. The fraction of sp³-hybridized carbons (Fsp3) is 0.232. The van der Waals surface area contributed by atoms with Crippen molar-refractivity contribution in [1.29, 1.82) is 0 Å². The number of hydrogen-bond donors (Lipinski definition) is 1. The van der Waals surface area contributed by atoms with Gasteiger partial charge in [-0.3, -0.25) is 4.79 Å². The molecule has 340 valence electrons. The molecule has 7 aromatic carbocycles. The van der Waals surface area contributed by atoms with Gasteiger partial charge in [0.2, 0.25) is 5.75 Å². The van der Waals surface area contributed by atoms with Gasteiger partial charge in [-0.15, -0.1) is 0 Å². The highest BCUT2D eigenvalue weighted by atomic mass is 28.3. The van der Waals surface area contributed by atoms with Crippen LogP contribution in [-0.4, -0.2) is 38.5 Å².